The minimum absolute atomic E-state index is 0.528. The van der Waals surface area contributed by atoms with Crippen molar-refractivity contribution in [1.29, 1.82) is 0 Å². The fourth-order valence-corrected chi connectivity index (χ4v) is 2.81. The number of hydrogen-bond acceptors (Lipinski definition) is 3. The summed E-state index contributed by atoms with van der Waals surface area (Å²) in [5, 5.41) is 3.45. The van der Waals surface area contributed by atoms with Gasteiger partial charge in [-0.25, -0.2) is 0 Å². The van der Waals surface area contributed by atoms with Crippen molar-refractivity contribution in [2.45, 2.75) is 26.8 Å². The van der Waals surface area contributed by atoms with E-state index in [2.05, 4.69) is 67.7 Å². The van der Waals surface area contributed by atoms with Crippen LogP contribution in [0.5, 0.6) is 11.5 Å². The SMILES string of the molecule is CC(C)COc1ccc(NCc2cccc(OCCc3ccccc3)c2)cc1. The summed E-state index contributed by atoms with van der Waals surface area (Å²) < 4.78 is 11.6. The van der Waals surface area contributed by atoms with Crippen LogP contribution in [0.25, 0.3) is 0 Å². The van der Waals surface area contributed by atoms with Gasteiger partial charge in [-0.1, -0.05) is 56.3 Å². The van der Waals surface area contributed by atoms with Crippen LogP contribution >= 0.6 is 0 Å². The van der Waals surface area contributed by atoms with E-state index in [1.54, 1.807) is 0 Å². The third-order valence-corrected chi connectivity index (χ3v) is 4.34. The summed E-state index contributed by atoms with van der Waals surface area (Å²) in [5.74, 6) is 2.35. The van der Waals surface area contributed by atoms with Crippen LogP contribution in [0.1, 0.15) is 25.0 Å². The molecule has 0 spiro atoms. The molecule has 0 fully saturated rings. The molecule has 0 atom stereocenters. The minimum Gasteiger partial charge on any atom is -0.493 e. The van der Waals surface area contributed by atoms with Crippen molar-refractivity contribution in [2.75, 3.05) is 18.5 Å². The van der Waals surface area contributed by atoms with Crippen molar-refractivity contribution in [3.63, 3.8) is 0 Å². The average Bonchev–Trinajstić information content (AvgIpc) is 2.72. The molecule has 3 aromatic carbocycles. The molecule has 0 aliphatic carbocycles. The van der Waals surface area contributed by atoms with Gasteiger partial charge in [0, 0.05) is 18.7 Å². The Balaban J connectivity index is 1.46. The van der Waals surface area contributed by atoms with Crippen LogP contribution in [0, 0.1) is 5.92 Å². The van der Waals surface area contributed by atoms with Gasteiger partial charge in [0.25, 0.3) is 0 Å². The van der Waals surface area contributed by atoms with Crippen molar-refractivity contribution >= 4 is 5.69 Å². The number of hydrogen-bond donors (Lipinski definition) is 1. The Hall–Kier alpha value is -2.94. The second-order valence-electron chi connectivity index (χ2n) is 7.31. The Morgan fingerprint density at radius 1 is 0.750 bits per heavy atom. The van der Waals surface area contributed by atoms with E-state index in [4.69, 9.17) is 9.47 Å². The molecule has 0 unspecified atom stereocenters. The lowest BCUT2D eigenvalue weighted by atomic mass is 10.2. The quantitative estimate of drug-likeness (QED) is 0.474. The zero-order valence-electron chi connectivity index (χ0n) is 16.7. The standard InChI is InChI=1S/C25H29NO2/c1-20(2)19-28-24-13-11-23(12-14-24)26-18-22-9-6-10-25(17-22)27-16-15-21-7-4-3-5-8-21/h3-14,17,20,26H,15-16,18-19H2,1-2H3. The van der Waals surface area contributed by atoms with Crippen LogP contribution in [-0.4, -0.2) is 13.2 Å². The maximum absolute atomic E-state index is 5.92. The molecule has 0 saturated carbocycles. The summed E-state index contributed by atoms with van der Waals surface area (Å²) in [6, 6.07) is 26.8. The number of benzene rings is 3. The molecule has 3 aromatic rings. The fourth-order valence-electron chi connectivity index (χ4n) is 2.81. The molecule has 3 nitrogen and oxygen atoms in total. The van der Waals surface area contributed by atoms with Crippen LogP contribution in [0.3, 0.4) is 0 Å². The van der Waals surface area contributed by atoms with E-state index < -0.39 is 0 Å². The molecular weight excluding hydrogens is 346 g/mol. The molecule has 0 aliphatic rings. The topological polar surface area (TPSA) is 30.5 Å². The molecule has 3 heteroatoms. The zero-order chi connectivity index (χ0) is 19.6. The highest BCUT2D eigenvalue weighted by atomic mass is 16.5. The van der Waals surface area contributed by atoms with E-state index in [-0.39, 0.29) is 0 Å². The Kier molecular flexibility index (Phi) is 7.36. The number of rotatable bonds is 10. The van der Waals surface area contributed by atoms with E-state index in [1.807, 2.05) is 30.3 Å². The maximum Gasteiger partial charge on any atom is 0.119 e. The second-order valence-corrected chi connectivity index (χ2v) is 7.31. The predicted molar refractivity (Wildman–Crippen MR) is 116 cm³/mol. The van der Waals surface area contributed by atoms with Gasteiger partial charge in [0.15, 0.2) is 0 Å². The molecule has 146 valence electrons. The Bertz CT molecular complexity index is 829. The highest BCUT2D eigenvalue weighted by Crippen LogP contribution is 2.19. The van der Waals surface area contributed by atoms with E-state index in [0.717, 1.165) is 36.8 Å². The van der Waals surface area contributed by atoms with Gasteiger partial charge in [-0.15, -0.1) is 0 Å². The summed E-state index contributed by atoms with van der Waals surface area (Å²) in [4.78, 5) is 0. The van der Waals surface area contributed by atoms with Gasteiger partial charge in [-0.05, 0) is 53.4 Å². The van der Waals surface area contributed by atoms with Crippen LogP contribution < -0.4 is 14.8 Å². The monoisotopic (exact) mass is 375 g/mol. The molecular formula is C25H29NO2. The van der Waals surface area contributed by atoms with Crippen LogP contribution in [0.15, 0.2) is 78.9 Å². The van der Waals surface area contributed by atoms with Gasteiger partial charge in [0.1, 0.15) is 11.5 Å². The van der Waals surface area contributed by atoms with Crippen molar-refractivity contribution < 1.29 is 9.47 Å². The number of nitrogens with one attached hydrogen (secondary N) is 1. The molecule has 3 rings (SSSR count). The molecule has 28 heavy (non-hydrogen) atoms. The van der Waals surface area contributed by atoms with Crippen molar-refractivity contribution in [3.05, 3.63) is 90.0 Å². The largest absolute Gasteiger partial charge is 0.493 e. The minimum atomic E-state index is 0.528. The van der Waals surface area contributed by atoms with E-state index in [9.17, 15) is 0 Å². The Morgan fingerprint density at radius 3 is 2.25 bits per heavy atom. The molecule has 0 heterocycles. The van der Waals surface area contributed by atoms with Gasteiger partial charge in [-0.3, -0.25) is 0 Å². The van der Waals surface area contributed by atoms with E-state index in [0.29, 0.717) is 12.5 Å². The van der Waals surface area contributed by atoms with Crippen LogP contribution in [-0.2, 0) is 13.0 Å². The average molecular weight is 376 g/mol. The summed E-state index contributed by atoms with van der Waals surface area (Å²) >= 11 is 0. The number of ether oxygens (including phenoxy) is 2. The summed E-state index contributed by atoms with van der Waals surface area (Å²) in [5.41, 5.74) is 3.56. The third-order valence-electron chi connectivity index (χ3n) is 4.34. The first-order chi connectivity index (χ1) is 13.7. The molecule has 1 N–H and O–H groups in total. The third kappa shape index (κ3) is 6.66. The zero-order valence-corrected chi connectivity index (χ0v) is 16.7. The number of anilines is 1. The highest BCUT2D eigenvalue weighted by Gasteiger charge is 2.01. The van der Waals surface area contributed by atoms with Crippen LogP contribution in [0.2, 0.25) is 0 Å². The lowest BCUT2D eigenvalue weighted by Gasteiger charge is -2.11. The Morgan fingerprint density at radius 2 is 1.50 bits per heavy atom. The first-order valence-electron chi connectivity index (χ1n) is 9.91. The van der Waals surface area contributed by atoms with Gasteiger partial charge in [0.2, 0.25) is 0 Å². The lowest BCUT2D eigenvalue weighted by molar-refractivity contribution is 0.271. The summed E-state index contributed by atoms with van der Waals surface area (Å²) in [6.45, 7) is 6.47. The lowest BCUT2D eigenvalue weighted by Crippen LogP contribution is -2.05. The molecule has 0 aliphatic heterocycles. The first kappa shape index (κ1) is 19.8. The van der Waals surface area contributed by atoms with Crippen molar-refractivity contribution in [3.8, 4) is 11.5 Å². The maximum atomic E-state index is 5.92. The molecule has 0 radical (unpaired) electrons. The fraction of sp³-hybridized carbons (Fsp3) is 0.280. The molecule has 0 amide bonds. The van der Waals surface area contributed by atoms with E-state index >= 15 is 0 Å². The highest BCUT2D eigenvalue weighted by molar-refractivity contribution is 5.47. The first-order valence-corrected chi connectivity index (χ1v) is 9.91. The van der Waals surface area contributed by atoms with Gasteiger partial charge in [-0.2, -0.15) is 0 Å². The molecule has 0 aromatic heterocycles. The summed E-state index contributed by atoms with van der Waals surface area (Å²) in [7, 11) is 0. The van der Waals surface area contributed by atoms with Gasteiger partial charge < -0.3 is 14.8 Å². The molecule has 0 saturated heterocycles. The smallest absolute Gasteiger partial charge is 0.119 e. The van der Waals surface area contributed by atoms with E-state index in [1.165, 1.54) is 11.1 Å². The normalized spacial score (nSPS) is 10.7. The Labute approximate surface area is 168 Å². The van der Waals surface area contributed by atoms with Gasteiger partial charge in [0.05, 0.1) is 13.2 Å². The summed E-state index contributed by atoms with van der Waals surface area (Å²) in [6.07, 6.45) is 0.911. The predicted octanol–water partition coefficient (Wildman–Crippen LogP) is 5.96. The second kappa shape index (κ2) is 10.4. The van der Waals surface area contributed by atoms with Gasteiger partial charge >= 0.3 is 0 Å². The van der Waals surface area contributed by atoms with Crippen LogP contribution in [0.4, 0.5) is 5.69 Å². The van der Waals surface area contributed by atoms with Crippen molar-refractivity contribution in [2.24, 2.45) is 5.92 Å². The molecule has 0 bridgehead atoms. The van der Waals surface area contributed by atoms with Crippen molar-refractivity contribution in [1.82, 2.24) is 0 Å².